The van der Waals surface area contributed by atoms with Crippen molar-refractivity contribution >= 4 is 35.0 Å². The zero-order chi connectivity index (χ0) is 14.7. The Morgan fingerprint density at radius 2 is 2.15 bits per heavy atom. The minimum atomic E-state index is -0.191. The van der Waals surface area contributed by atoms with Gasteiger partial charge >= 0.3 is 0 Å². The average molecular weight is 315 g/mol. The first-order chi connectivity index (χ1) is 9.50. The molecule has 1 aromatic rings. The van der Waals surface area contributed by atoms with Gasteiger partial charge in [0.25, 0.3) is 5.91 Å². The topological polar surface area (TPSA) is 40.6 Å². The Bertz CT molecular complexity index is 534. The Hall–Kier alpha value is -1.26. The first-order valence-electron chi connectivity index (χ1n) is 6.48. The zero-order valence-corrected chi connectivity index (χ0v) is 12.7. The first kappa shape index (κ1) is 15.1. The molecule has 1 fully saturated rings. The first-order valence-corrected chi connectivity index (χ1v) is 7.23. The number of likely N-dealkylation sites (N-methyl/N-ethyl adjacent to an activating group) is 1. The molecule has 0 bridgehead atoms. The van der Waals surface area contributed by atoms with E-state index in [-0.39, 0.29) is 16.8 Å². The average Bonchev–Trinajstić information content (AvgIpc) is 2.84. The number of benzene rings is 1. The summed E-state index contributed by atoms with van der Waals surface area (Å²) in [6.45, 7) is 1.81. The summed E-state index contributed by atoms with van der Waals surface area (Å²) in [4.78, 5) is 27.1. The van der Waals surface area contributed by atoms with Crippen molar-refractivity contribution in [2.45, 2.75) is 12.8 Å². The number of nitrogens with zero attached hydrogens (tertiary/aromatic N) is 2. The molecule has 0 spiro atoms. The van der Waals surface area contributed by atoms with Gasteiger partial charge in [-0.3, -0.25) is 9.59 Å². The van der Waals surface area contributed by atoms with Crippen molar-refractivity contribution in [2.24, 2.45) is 0 Å². The van der Waals surface area contributed by atoms with Gasteiger partial charge in [0.1, 0.15) is 0 Å². The summed E-state index contributed by atoms with van der Waals surface area (Å²) >= 11 is 11.9. The lowest BCUT2D eigenvalue weighted by molar-refractivity contribution is -0.127. The molecule has 108 valence electrons. The summed E-state index contributed by atoms with van der Waals surface area (Å²) in [5.41, 5.74) is 0.384. The van der Waals surface area contributed by atoms with E-state index in [4.69, 9.17) is 23.2 Å². The van der Waals surface area contributed by atoms with Gasteiger partial charge in [-0.2, -0.15) is 0 Å². The molecule has 1 aliphatic heterocycles. The van der Waals surface area contributed by atoms with Crippen molar-refractivity contribution in [3.63, 3.8) is 0 Å². The van der Waals surface area contributed by atoms with Gasteiger partial charge in [-0.1, -0.05) is 29.3 Å². The van der Waals surface area contributed by atoms with Gasteiger partial charge in [-0.05, 0) is 18.6 Å². The third kappa shape index (κ3) is 3.25. The Morgan fingerprint density at radius 1 is 1.40 bits per heavy atom. The Morgan fingerprint density at radius 3 is 2.80 bits per heavy atom. The molecule has 6 heteroatoms. The lowest BCUT2D eigenvalue weighted by Gasteiger charge is -2.22. The molecule has 20 heavy (non-hydrogen) atoms. The second-order valence-corrected chi connectivity index (χ2v) is 5.60. The number of likely N-dealkylation sites (tertiary alicyclic amines) is 1. The predicted molar refractivity (Wildman–Crippen MR) is 79.2 cm³/mol. The summed E-state index contributed by atoms with van der Waals surface area (Å²) in [6, 6.07) is 4.98. The van der Waals surface area contributed by atoms with Crippen LogP contribution < -0.4 is 0 Å². The molecule has 0 unspecified atom stereocenters. The van der Waals surface area contributed by atoms with Gasteiger partial charge in [0.2, 0.25) is 5.91 Å². The highest BCUT2D eigenvalue weighted by atomic mass is 35.5. The molecule has 1 heterocycles. The van der Waals surface area contributed by atoms with E-state index in [1.165, 1.54) is 0 Å². The van der Waals surface area contributed by atoms with Crippen molar-refractivity contribution in [2.75, 3.05) is 26.7 Å². The van der Waals surface area contributed by atoms with Crippen molar-refractivity contribution in [1.29, 1.82) is 0 Å². The van der Waals surface area contributed by atoms with E-state index in [1.54, 1.807) is 35.0 Å². The number of hydrogen-bond acceptors (Lipinski definition) is 2. The Labute approximate surface area is 128 Å². The van der Waals surface area contributed by atoms with Crippen molar-refractivity contribution < 1.29 is 9.59 Å². The highest BCUT2D eigenvalue weighted by Crippen LogP contribution is 2.26. The Balaban J connectivity index is 1.98. The molecule has 1 saturated heterocycles. The van der Waals surface area contributed by atoms with Gasteiger partial charge in [-0.25, -0.2) is 0 Å². The number of hydrogen-bond donors (Lipinski definition) is 0. The molecule has 2 rings (SSSR count). The molecular formula is C14H16Cl2N2O2. The Kier molecular flexibility index (Phi) is 4.89. The zero-order valence-electron chi connectivity index (χ0n) is 11.2. The second-order valence-electron chi connectivity index (χ2n) is 4.81. The largest absolute Gasteiger partial charge is 0.341 e. The van der Waals surface area contributed by atoms with Gasteiger partial charge in [0, 0.05) is 33.1 Å². The van der Waals surface area contributed by atoms with Crippen molar-refractivity contribution in [3.8, 4) is 0 Å². The molecule has 1 aliphatic rings. The van der Waals surface area contributed by atoms with Crippen LogP contribution in [0.25, 0.3) is 0 Å². The second kappa shape index (κ2) is 6.46. The number of halogens is 2. The van der Waals surface area contributed by atoms with Crippen LogP contribution in [0.1, 0.15) is 23.2 Å². The van der Waals surface area contributed by atoms with Crippen LogP contribution in [0.5, 0.6) is 0 Å². The van der Waals surface area contributed by atoms with E-state index in [0.29, 0.717) is 30.1 Å². The maximum absolute atomic E-state index is 12.3. The summed E-state index contributed by atoms with van der Waals surface area (Å²) in [6.07, 6.45) is 1.51. The fraction of sp³-hybridized carbons (Fsp3) is 0.429. The lowest BCUT2D eigenvalue weighted by atomic mass is 10.2. The van der Waals surface area contributed by atoms with Gasteiger partial charge in [0.15, 0.2) is 0 Å². The third-order valence-electron chi connectivity index (χ3n) is 3.41. The molecule has 0 aromatic heterocycles. The van der Waals surface area contributed by atoms with E-state index in [0.717, 1.165) is 13.0 Å². The summed E-state index contributed by atoms with van der Waals surface area (Å²) in [5, 5.41) is 0.629. The lowest BCUT2D eigenvalue weighted by Crippen LogP contribution is -2.37. The standard InChI is InChI=1S/C14H16Cl2N2O2/c1-17(8-9-18-7-3-6-12(18)19)14(20)10-4-2-5-11(15)13(10)16/h2,4-5H,3,6-9H2,1H3. The molecule has 0 saturated carbocycles. The van der Waals surface area contributed by atoms with Gasteiger partial charge in [0.05, 0.1) is 15.6 Å². The normalized spacial score (nSPS) is 14.8. The minimum Gasteiger partial charge on any atom is -0.341 e. The van der Waals surface area contributed by atoms with E-state index < -0.39 is 0 Å². The molecule has 0 atom stereocenters. The monoisotopic (exact) mass is 314 g/mol. The molecule has 0 aliphatic carbocycles. The molecule has 4 nitrogen and oxygen atoms in total. The van der Waals surface area contributed by atoms with Gasteiger partial charge < -0.3 is 9.80 Å². The van der Waals surface area contributed by atoms with Crippen LogP contribution in [-0.2, 0) is 4.79 Å². The van der Waals surface area contributed by atoms with Crippen LogP contribution in [0.2, 0.25) is 10.0 Å². The van der Waals surface area contributed by atoms with Crippen LogP contribution >= 0.6 is 23.2 Å². The molecule has 2 amide bonds. The smallest absolute Gasteiger partial charge is 0.255 e. The van der Waals surface area contributed by atoms with Crippen LogP contribution in [0.3, 0.4) is 0 Å². The maximum Gasteiger partial charge on any atom is 0.255 e. The third-order valence-corrected chi connectivity index (χ3v) is 4.22. The van der Waals surface area contributed by atoms with Crippen molar-refractivity contribution in [3.05, 3.63) is 33.8 Å². The van der Waals surface area contributed by atoms with E-state index in [1.807, 2.05) is 0 Å². The van der Waals surface area contributed by atoms with Crippen molar-refractivity contribution in [1.82, 2.24) is 9.80 Å². The quantitative estimate of drug-likeness (QED) is 0.857. The van der Waals surface area contributed by atoms with Gasteiger partial charge in [-0.15, -0.1) is 0 Å². The highest BCUT2D eigenvalue weighted by molar-refractivity contribution is 6.43. The number of amides is 2. The van der Waals surface area contributed by atoms with Crippen LogP contribution in [0.4, 0.5) is 0 Å². The predicted octanol–water partition coefficient (Wildman–Crippen LogP) is 2.69. The number of rotatable bonds is 4. The molecular weight excluding hydrogens is 299 g/mol. The van der Waals surface area contributed by atoms with Crippen LogP contribution in [0.15, 0.2) is 18.2 Å². The maximum atomic E-state index is 12.3. The molecule has 0 N–H and O–H groups in total. The number of carbonyl (C=O) groups excluding carboxylic acids is 2. The minimum absolute atomic E-state index is 0.159. The SMILES string of the molecule is CN(CCN1CCCC1=O)C(=O)c1cccc(Cl)c1Cl. The fourth-order valence-electron chi connectivity index (χ4n) is 2.19. The van der Waals surface area contributed by atoms with E-state index in [2.05, 4.69) is 0 Å². The van der Waals surface area contributed by atoms with Crippen LogP contribution in [-0.4, -0.2) is 48.3 Å². The van der Waals surface area contributed by atoms with E-state index in [9.17, 15) is 9.59 Å². The summed E-state index contributed by atoms with van der Waals surface area (Å²) < 4.78 is 0. The fourth-order valence-corrected chi connectivity index (χ4v) is 2.57. The van der Waals surface area contributed by atoms with Crippen LogP contribution in [0, 0.1) is 0 Å². The van der Waals surface area contributed by atoms with E-state index >= 15 is 0 Å². The highest BCUT2D eigenvalue weighted by Gasteiger charge is 2.22. The summed E-state index contributed by atoms with van der Waals surface area (Å²) in [7, 11) is 1.69. The summed E-state index contributed by atoms with van der Waals surface area (Å²) in [5.74, 6) is -0.0317. The molecule has 0 radical (unpaired) electrons. The molecule has 1 aromatic carbocycles. The number of carbonyl (C=O) groups is 2.